The predicted octanol–water partition coefficient (Wildman–Crippen LogP) is 2.82. The van der Waals surface area contributed by atoms with E-state index in [2.05, 4.69) is 15.9 Å². The van der Waals surface area contributed by atoms with Crippen molar-refractivity contribution in [3.05, 3.63) is 21.9 Å². The van der Waals surface area contributed by atoms with Crippen LogP contribution in [0.25, 0.3) is 0 Å². The molecule has 0 fully saturated rings. The number of benzene rings is 1. The van der Waals surface area contributed by atoms with Gasteiger partial charge in [0.1, 0.15) is 5.82 Å². The van der Waals surface area contributed by atoms with Crippen molar-refractivity contribution < 1.29 is 22.3 Å². The Bertz CT molecular complexity index is 576. The lowest BCUT2D eigenvalue weighted by Crippen LogP contribution is -2.02. The molecule has 1 heterocycles. The fourth-order valence-electron chi connectivity index (χ4n) is 1.58. The molecule has 2 rings (SSSR count). The normalized spacial score (nSPS) is 15.3. The van der Waals surface area contributed by atoms with Crippen LogP contribution >= 0.6 is 26.6 Å². The zero-order chi connectivity index (χ0) is 13.3. The molecule has 0 aromatic heterocycles. The molecule has 0 saturated heterocycles. The van der Waals surface area contributed by atoms with E-state index < -0.39 is 20.6 Å². The first-order chi connectivity index (χ1) is 8.38. The van der Waals surface area contributed by atoms with Crippen molar-refractivity contribution in [1.82, 2.24) is 0 Å². The second kappa shape index (κ2) is 5.22. The van der Waals surface area contributed by atoms with Crippen LogP contribution in [0.3, 0.4) is 0 Å². The van der Waals surface area contributed by atoms with Gasteiger partial charge < -0.3 is 9.47 Å². The van der Waals surface area contributed by atoms with E-state index in [1.807, 2.05) is 0 Å². The first kappa shape index (κ1) is 13.9. The number of hydrogen-bond acceptors (Lipinski definition) is 4. The van der Waals surface area contributed by atoms with Crippen LogP contribution in [0.1, 0.15) is 12.0 Å². The second-order valence-corrected chi connectivity index (χ2v) is 7.29. The Morgan fingerprint density at radius 1 is 1.39 bits per heavy atom. The fourth-order valence-corrected chi connectivity index (χ4v) is 3.08. The maximum Gasteiger partial charge on any atom is 0.236 e. The topological polar surface area (TPSA) is 52.6 Å². The molecule has 0 spiro atoms. The van der Waals surface area contributed by atoms with E-state index in [0.29, 0.717) is 25.4 Å². The van der Waals surface area contributed by atoms with Crippen molar-refractivity contribution in [2.24, 2.45) is 0 Å². The van der Waals surface area contributed by atoms with E-state index >= 15 is 0 Å². The highest BCUT2D eigenvalue weighted by Gasteiger charge is 2.23. The van der Waals surface area contributed by atoms with Crippen molar-refractivity contribution in [2.45, 2.75) is 12.2 Å². The van der Waals surface area contributed by atoms with Crippen LogP contribution in [0.15, 0.2) is 10.5 Å². The van der Waals surface area contributed by atoms with Crippen LogP contribution < -0.4 is 9.47 Å². The van der Waals surface area contributed by atoms with E-state index in [1.54, 1.807) is 0 Å². The molecule has 0 N–H and O–H groups in total. The summed E-state index contributed by atoms with van der Waals surface area (Å²) in [5.74, 6) is -0.740. The quantitative estimate of drug-likeness (QED) is 0.762. The number of halogens is 3. The number of hydrogen-bond donors (Lipinski definition) is 0. The Morgan fingerprint density at radius 3 is 2.72 bits per heavy atom. The van der Waals surface area contributed by atoms with Crippen molar-refractivity contribution in [3.63, 3.8) is 0 Å². The molecule has 0 unspecified atom stereocenters. The minimum Gasteiger partial charge on any atom is -0.490 e. The standard InChI is InChI=1S/C10H9BrClFO4S/c11-8-9(13)6(5-18(12,14)15)4-7-10(8)17-3-1-2-16-7/h4H,1-3,5H2. The maximum atomic E-state index is 13.9. The largest absolute Gasteiger partial charge is 0.490 e. The molecule has 1 aliphatic heterocycles. The third kappa shape index (κ3) is 3.07. The van der Waals surface area contributed by atoms with Crippen LogP contribution in [0.5, 0.6) is 11.5 Å². The molecule has 0 amide bonds. The molecule has 100 valence electrons. The molecule has 0 radical (unpaired) electrons. The highest BCUT2D eigenvalue weighted by atomic mass is 79.9. The van der Waals surface area contributed by atoms with E-state index in [-0.39, 0.29) is 15.8 Å². The number of fused-ring (bicyclic) bond motifs is 1. The molecule has 0 saturated carbocycles. The van der Waals surface area contributed by atoms with Crippen LogP contribution in [0, 0.1) is 5.82 Å². The van der Waals surface area contributed by atoms with Gasteiger partial charge in [-0.05, 0) is 22.0 Å². The van der Waals surface area contributed by atoms with Gasteiger partial charge in [0.2, 0.25) is 9.05 Å². The molecule has 1 aromatic carbocycles. The fraction of sp³-hybridized carbons (Fsp3) is 0.400. The van der Waals surface area contributed by atoms with Crippen molar-refractivity contribution in [1.29, 1.82) is 0 Å². The summed E-state index contributed by atoms with van der Waals surface area (Å²) < 4.78 is 46.8. The van der Waals surface area contributed by atoms with Gasteiger partial charge in [0.05, 0.1) is 23.4 Å². The SMILES string of the molecule is O=S(=O)(Cl)Cc1cc2c(c(Br)c1F)OCCCO2. The van der Waals surface area contributed by atoms with Crippen LogP contribution in [-0.4, -0.2) is 21.6 Å². The Labute approximate surface area is 117 Å². The molecular formula is C10H9BrClFO4S. The molecule has 8 heteroatoms. The summed E-state index contributed by atoms with van der Waals surface area (Å²) in [6.07, 6.45) is 0.672. The first-order valence-electron chi connectivity index (χ1n) is 5.07. The van der Waals surface area contributed by atoms with Gasteiger partial charge in [0.25, 0.3) is 0 Å². The summed E-state index contributed by atoms with van der Waals surface area (Å²) in [6.45, 7) is 0.844. The van der Waals surface area contributed by atoms with Gasteiger partial charge in [0, 0.05) is 22.7 Å². The van der Waals surface area contributed by atoms with Gasteiger partial charge in [-0.15, -0.1) is 0 Å². The summed E-state index contributed by atoms with van der Waals surface area (Å²) in [5.41, 5.74) is -0.0545. The molecule has 1 aliphatic rings. The van der Waals surface area contributed by atoms with Gasteiger partial charge in [-0.25, -0.2) is 12.8 Å². The predicted molar refractivity (Wildman–Crippen MR) is 68.2 cm³/mol. The minimum atomic E-state index is -3.84. The zero-order valence-corrected chi connectivity index (χ0v) is 12.2. The average Bonchev–Trinajstić information content (AvgIpc) is 2.49. The Balaban J connectivity index is 2.50. The first-order valence-corrected chi connectivity index (χ1v) is 8.34. The number of rotatable bonds is 2. The summed E-state index contributed by atoms with van der Waals surface area (Å²) in [6, 6.07) is 1.31. The maximum absolute atomic E-state index is 13.9. The van der Waals surface area contributed by atoms with Gasteiger partial charge in [-0.3, -0.25) is 0 Å². The lowest BCUT2D eigenvalue weighted by Gasteiger charge is -2.12. The third-order valence-corrected chi connectivity index (χ3v) is 4.02. The molecule has 0 aliphatic carbocycles. The van der Waals surface area contributed by atoms with E-state index in [1.165, 1.54) is 6.07 Å². The van der Waals surface area contributed by atoms with Crippen LogP contribution in [-0.2, 0) is 14.8 Å². The lowest BCUT2D eigenvalue weighted by atomic mass is 10.2. The van der Waals surface area contributed by atoms with Gasteiger partial charge in [-0.1, -0.05) is 0 Å². The van der Waals surface area contributed by atoms with Crippen LogP contribution in [0.4, 0.5) is 4.39 Å². The summed E-state index contributed by atoms with van der Waals surface area (Å²) >= 11 is 3.04. The van der Waals surface area contributed by atoms with Crippen molar-refractivity contribution in [2.75, 3.05) is 13.2 Å². The molecule has 4 nitrogen and oxygen atoms in total. The summed E-state index contributed by atoms with van der Waals surface area (Å²) in [4.78, 5) is 0. The summed E-state index contributed by atoms with van der Waals surface area (Å²) in [7, 11) is 1.29. The summed E-state index contributed by atoms with van der Waals surface area (Å²) in [5, 5.41) is 0. The second-order valence-electron chi connectivity index (χ2n) is 3.72. The number of ether oxygens (including phenoxy) is 2. The van der Waals surface area contributed by atoms with Crippen LogP contribution in [0.2, 0.25) is 0 Å². The van der Waals surface area contributed by atoms with E-state index in [4.69, 9.17) is 20.2 Å². The van der Waals surface area contributed by atoms with Gasteiger partial charge in [-0.2, -0.15) is 0 Å². The minimum absolute atomic E-state index is 0.0530. The zero-order valence-electron chi connectivity index (χ0n) is 9.08. The van der Waals surface area contributed by atoms with Gasteiger partial charge in [0.15, 0.2) is 11.5 Å². The Kier molecular flexibility index (Phi) is 4.03. The molecular weight excluding hydrogens is 351 g/mol. The highest BCUT2D eigenvalue weighted by molar-refractivity contribution is 9.10. The van der Waals surface area contributed by atoms with E-state index in [0.717, 1.165) is 0 Å². The Hall–Kier alpha value is -0.530. The third-order valence-electron chi connectivity index (χ3n) is 2.32. The van der Waals surface area contributed by atoms with Crippen molar-refractivity contribution >= 4 is 35.7 Å². The molecule has 1 aromatic rings. The average molecular weight is 360 g/mol. The molecule has 18 heavy (non-hydrogen) atoms. The highest BCUT2D eigenvalue weighted by Crippen LogP contribution is 2.41. The lowest BCUT2D eigenvalue weighted by molar-refractivity contribution is 0.296. The Morgan fingerprint density at radius 2 is 2.06 bits per heavy atom. The van der Waals surface area contributed by atoms with E-state index in [9.17, 15) is 12.8 Å². The van der Waals surface area contributed by atoms with Crippen molar-refractivity contribution in [3.8, 4) is 11.5 Å². The monoisotopic (exact) mass is 358 g/mol. The smallest absolute Gasteiger partial charge is 0.236 e. The molecule has 0 atom stereocenters. The molecule has 0 bridgehead atoms. The van der Waals surface area contributed by atoms with Gasteiger partial charge >= 0.3 is 0 Å².